The molecule has 12 nitrogen and oxygen atoms in total. The first-order valence-corrected chi connectivity index (χ1v) is 30.0. The van der Waals surface area contributed by atoms with Crippen LogP contribution in [0, 0.1) is 0 Å². The van der Waals surface area contributed by atoms with E-state index in [0.717, 1.165) is 79.3 Å². The average Bonchev–Trinajstić information content (AvgIpc) is 3.40. The maximum absolute atomic E-state index is 11.0. The summed E-state index contributed by atoms with van der Waals surface area (Å²) < 4.78 is 69.7. The van der Waals surface area contributed by atoms with Gasteiger partial charge in [0.1, 0.15) is 23.0 Å². The molecule has 0 aromatic heterocycles. The largest absolute Gasteiger partial charge is 0.468 e. The number of rotatable bonds is 34. The molecule has 2 heterocycles. The fourth-order valence-corrected chi connectivity index (χ4v) is 13.0. The number of fused-ring (bicyclic) bond motifs is 2. The molecule has 4 aromatic rings. The number of benzene rings is 4. The van der Waals surface area contributed by atoms with Gasteiger partial charge in [0.05, 0.1) is 12.9 Å². The Kier molecular flexibility index (Phi) is 27.7. The molecule has 0 amide bonds. The third-order valence-corrected chi connectivity index (χ3v) is 16.9. The van der Waals surface area contributed by atoms with Crippen LogP contribution < -0.4 is 18.9 Å². The second-order valence-electron chi connectivity index (χ2n) is 19.3. The summed E-state index contributed by atoms with van der Waals surface area (Å²) in [7, 11) is 3.21. The summed E-state index contributed by atoms with van der Waals surface area (Å²) in [6.07, 6.45) is 19.4. The second-order valence-corrected chi connectivity index (χ2v) is 23.0. The number of aliphatic hydroxyl groups excluding tert-OH is 1. The first-order chi connectivity index (χ1) is 35.5. The van der Waals surface area contributed by atoms with Gasteiger partial charge in [0.25, 0.3) is 10.1 Å². The van der Waals surface area contributed by atoms with Crippen molar-refractivity contribution >= 4 is 33.6 Å². The molecule has 2 aliphatic heterocycles. The number of unbranched alkanes of at least 4 members (excludes halogenated alkanes) is 12. The van der Waals surface area contributed by atoms with E-state index >= 15 is 0 Å². The predicted octanol–water partition coefficient (Wildman–Crippen LogP) is 13.6. The molecule has 0 aliphatic carbocycles. The zero-order chi connectivity index (χ0) is 52.2. The molecule has 0 saturated heterocycles. The van der Waals surface area contributed by atoms with Gasteiger partial charge in [-0.1, -0.05) is 120 Å². The zero-order valence-electron chi connectivity index (χ0n) is 44.4. The van der Waals surface area contributed by atoms with E-state index in [1.54, 1.807) is 28.4 Å². The van der Waals surface area contributed by atoms with Gasteiger partial charge in [-0.25, -0.2) is 0 Å². The van der Waals surface area contributed by atoms with Crippen LogP contribution in [0.15, 0.2) is 94.7 Å². The van der Waals surface area contributed by atoms with Gasteiger partial charge in [-0.2, -0.15) is 8.42 Å². The van der Waals surface area contributed by atoms with Gasteiger partial charge in [0.2, 0.25) is 0 Å². The minimum Gasteiger partial charge on any atom is -0.468 e. The van der Waals surface area contributed by atoms with Crippen LogP contribution in [0.5, 0.6) is 23.0 Å². The number of ether oxygens (including phenoxy) is 8. The average molecular weight is 1070 g/mol. The van der Waals surface area contributed by atoms with E-state index in [0.29, 0.717) is 24.4 Å². The predicted molar refractivity (Wildman–Crippen MR) is 295 cm³/mol. The summed E-state index contributed by atoms with van der Waals surface area (Å²) in [6, 6.07) is 30.0. The molecule has 0 radical (unpaired) electrons. The van der Waals surface area contributed by atoms with Crippen molar-refractivity contribution in [2.45, 2.75) is 143 Å². The van der Waals surface area contributed by atoms with Crippen molar-refractivity contribution < 1.29 is 55.6 Å². The highest BCUT2D eigenvalue weighted by atomic mass is 32.2. The Morgan fingerprint density at radius 2 is 1.00 bits per heavy atom. The summed E-state index contributed by atoms with van der Waals surface area (Å²) in [5.74, 6) is 6.73. The van der Waals surface area contributed by atoms with E-state index in [1.165, 1.54) is 96.3 Å². The molecule has 15 heteroatoms. The van der Waals surface area contributed by atoms with Gasteiger partial charge < -0.3 is 43.0 Å². The van der Waals surface area contributed by atoms with Crippen LogP contribution in [0.2, 0.25) is 0 Å². The molecule has 4 aromatic carbocycles. The highest BCUT2D eigenvalue weighted by molar-refractivity contribution is 7.99. The van der Waals surface area contributed by atoms with Crippen LogP contribution in [0.25, 0.3) is 0 Å². The lowest BCUT2D eigenvalue weighted by atomic mass is 9.68. The molecule has 1 N–H and O–H groups in total. The molecular formula is C58H84O12S3. The van der Waals surface area contributed by atoms with E-state index < -0.39 is 10.1 Å². The van der Waals surface area contributed by atoms with E-state index in [-0.39, 0.29) is 39.2 Å². The minimum absolute atomic E-state index is 0.0352. The van der Waals surface area contributed by atoms with Crippen molar-refractivity contribution in [1.82, 2.24) is 0 Å². The maximum atomic E-state index is 11.0. The molecule has 406 valence electrons. The topological polar surface area (TPSA) is 137 Å². The third kappa shape index (κ3) is 20.5. The Hall–Kier alpha value is -3.51. The molecule has 0 fully saturated rings. The Labute approximate surface area is 446 Å². The van der Waals surface area contributed by atoms with Gasteiger partial charge in [0.15, 0.2) is 27.2 Å². The SMILES string of the molecule is COCOc1ccc(C2(C)CSc3cc(OCOC)ccc3C2CCCCCCCCCO)cc1.COCOc1ccc(C2CSc3cc(OCOC)ccc3C2CCCCCCCCCOS(C)(=O)=O)cc1. The lowest BCUT2D eigenvalue weighted by molar-refractivity contribution is 0.0507. The number of methoxy groups -OCH3 is 4. The van der Waals surface area contributed by atoms with Crippen LogP contribution in [0.3, 0.4) is 0 Å². The van der Waals surface area contributed by atoms with Crippen molar-refractivity contribution in [1.29, 1.82) is 0 Å². The van der Waals surface area contributed by atoms with Gasteiger partial charge >= 0.3 is 0 Å². The van der Waals surface area contributed by atoms with E-state index in [9.17, 15) is 8.42 Å². The number of aliphatic hydroxyl groups is 1. The zero-order valence-corrected chi connectivity index (χ0v) is 46.9. The van der Waals surface area contributed by atoms with Gasteiger partial charge in [-0.05, 0) is 108 Å². The summed E-state index contributed by atoms with van der Waals surface area (Å²) in [5.41, 5.74) is 5.56. The minimum atomic E-state index is -3.32. The summed E-state index contributed by atoms with van der Waals surface area (Å²) >= 11 is 3.82. The van der Waals surface area contributed by atoms with Crippen LogP contribution in [0.4, 0.5) is 0 Å². The highest BCUT2D eigenvalue weighted by Crippen LogP contribution is 2.53. The number of hydrogen-bond acceptors (Lipinski definition) is 14. The lowest BCUT2D eigenvalue weighted by Crippen LogP contribution is -2.36. The molecule has 0 saturated carbocycles. The Morgan fingerprint density at radius 1 is 0.548 bits per heavy atom. The van der Waals surface area contributed by atoms with Crippen molar-refractivity contribution in [2.75, 3.05) is 86.6 Å². The standard InChI is InChI=1S/C29H42O7S2.C29H42O5S/c1-32-21-34-24-14-12-23(13-15-24)28-20-37-29-19-25(35-22-33-2)16-17-27(29)26(28)11-9-7-5-4-6-8-10-18-36-38(3,30)31;1-29(23-12-14-24(15-13-23)33-21-31-2)20-35-28-19-25(34-22-32-3)16-17-26(28)27(29)11-9-7-5-4-6-8-10-18-30/h12-17,19,26,28H,4-11,18,20-22H2,1-3H3;12-17,19,27,30H,4-11,18,20-22H2,1-3H3. The maximum Gasteiger partial charge on any atom is 0.264 e. The van der Waals surface area contributed by atoms with Gasteiger partial charge in [0, 0.05) is 67.7 Å². The number of hydrogen-bond donors (Lipinski definition) is 1. The fraction of sp³-hybridized carbons (Fsp3) is 0.586. The second kappa shape index (κ2) is 33.5. The van der Waals surface area contributed by atoms with Crippen molar-refractivity contribution in [3.05, 3.63) is 107 Å². The van der Waals surface area contributed by atoms with Gasteiger partial charge in [-0.3, -0.25) is 4.18 Å². The molecule has 6 rings (SSSR count). The van der Waals surface area contributed by atoms with Crippen LogP contribution >= 0.6 is 23.5 Å². The van der Waals surface area contributed by atoms with Crippen LogP contribution in [0.1, 0.15) is 150 Å². The van der Waals surface area contributed by atoms with Crippen molar-refractivity contribution in [2.24, 2.45) is 0 Å². The normalized spacial score (nSPS) is 18.3. The molecule has 4 atom stereocenters. The molecule has 2 aliphatic rings. The smallest absolute Gasteiger partial charge is 0.264 e. The first kappa shape index (κ1) is 60.4. The fourth-order valence-electron chi connectivity index (χ4n) is 9.84. The molecular weight excluding hydrogens is 985 g/mol. The lowest BCUT2D eigenvalue weighted by Gasteiger charge is -2.43. The summed E-state index contributed by atoms with van der Waals surface area (Å²) in [4.78, 5) is 2.63. The van der Waals surface area contributed by atoms with E-state index in [2.05, 4.69) is 79.7 Å². The molecule has 0 bridgehead atoms. The Balaban J connectivity index is 0.000000272. The Bertz CT molecular complexity index is 2240. The number of thioether (sulfide) groups is 2. The summed E-state index contributed by atoms with van der Waals surface area (Å²) in [5, 5.41) is 8.96. The van der Waals surface area contributed by atoms with Crippen molar-refractivity contribution in [3.63, 3.8) is 0 Å². The molecule has 0 spiro atoms. The van der Waals surface area contributed by atoms with Crippen LogP contribution in [-0.4, -0.2) is 100 Å². The van der Waals surface area contributed by atoms with E-state index in [4.69, 9.17) is 47.2 Å². The summed E-state index contributed by atoms with van der Waals surface area (Å²) in [6.45, 7) is 4.04. The first-order valence-electron chi connectivity index (χ1n) is 26.2. The van der Waals surface area contributed by atoms with Crippen molar-refractivity contribution in [3.8, 4) is 23.0 Å². The van der Waals surface area contributed by atoms with Gasteiger partial charge in [-0.15, -0.1) is 23.5 Å². The monoisotopic (exact) mass is 1070 g/mol. The van der Waals surface area contributed by atoms with Crippen LogP contribution in [-0.2, 0) is 38.7 Å². The van der Waals surface area contributed by atoms with E-state index in [1.807, 2.05) is 35.7 Å². The third-order valence-electron chi connectivity index (χ3n) is 13.7. The highest BCUT2D eigenvalue weighted by Gasteiger charge is 2.41. The Morgan fingerprint density at radius 3 is 1.53 bits per heavy atom. The molecule has 73 heavy (non-hydrogen) atoms. The molecule has 4 unspecified atom stereocenters. The quantitative estimate of drug-likeness (QED) is 0.0270.